The van der Waals surface area contributed by atoms with Crippen LogP contribution >= 0.6 is 0 Å². The number of hydrogen-bond donors (Lipinski definition) is 1. The van der Waals surface area contributed by atoms with E-state index in [1.165, 1.54) is 10.4 Å². The second-order valence-electron chi connectivity index (χ2n) is 6.23. The van der Waals surface area contributed by atoms with Gasteiger partial charge in [0, 0.05) is 31.3 Å². The topological polar surface area (TPSA) is 70.2 Å². The summed E-state index contributed by atoms with van der Waals surface area (Å²) in [7, 11) is -3.51. The third kappa shape index (κ3) is 2.62. The van der Waals surface area contributed by atoms with Crippen LogP contribution in [-0.4, -0.2) is 24.3 Å². The summed E-state index contributed by atoms with van der Waals surface area (Å²) in [5.74, 6) is 0.384. The summed E-state index contributed by atoms with van der Waals surface area (Å²) in [6.07, 6.45) is 2.67. The Kier molecular flexibility index (Phi) is 3.39. The molecule has 4 rings (SSSR count). The first-order valence-electron chi connectivity index (χ1n) is 7.86. The maximum absolute atomic E-state index is 13.1. The first-order chi connectivity index (χ1) is 11.1. The quantitative estimate of drug-likeness (QED) is 0.936. The zero-order valence-corrected chi connectivity index (χ0v) is 13.5. The van der Waals surface area contributed by atoms with Crippen LogP contribution in [-0.2, 0) is 23.0 Å². The van der Waals surface area contributed by atoms with Gasteiger partial charge in [-0.05, 0) is 36.0 Å². The van der Waals surface area contributed by atoms with Crippen molar-refractivity contribution < 1.29 is 8.42 Å². The van der Waals surface area contributed by atoms with Gasteiger partial charge in [0.15, 0.2) is 0 Å². The molecule has 1 aliphatic carbocycles. The fraction of sp³-hybridized carbons (Fsp3) is 0.353. The molecule has 1 N–H and O–H groups in total. The lowest BCUT2D eigenvalue weighted by Gasteiger charge is -2.28. The SMILES string of the molecule is O=c1ccc2c([nH]1)CCN(S(=O)(=O)c1ccccc1C1CC1)C2. The molecule has 5 nitrogen and oxygen atoms in total. The van der Waals surface area contributed by atoms with Gasteiger partial charge in [0.1, 0.15) is 0 Å². The van der Waals surface area contributed by atoms with E-state index in [2.05, 4.69) is 4.98 Å². The van der Waals surface area contributed by atoms with Crippen molar-refractivity contribution in [1.29, 1.82) is 0 Å². The minimum absolute atomic E-state index is 0.140. The number of pyridine rings is 1. The molecule has 0 spiro atoms. The normalized spacial score (nSPS) is 18.6. The van der Waals surface area contributed by atoms with Gasteiger partial charge in [-0.1, -0.05) is 24.3 Å². The molecule has 0 saturated heterocycles. The molecule has 0 radical (unpaired) electrons. The molecule has 1 fully saturated rings. The first kappa shape index (κ1) is 14.7. The number of benzene rings is 1. The van der Waals surface area contributed by atoms with Gasteiger partial charge in [-0.2, -0.15) is 4.31 Å². The number of sulfonamides is 1. The van der Waals surface area contributed by atoms with Crippen molar-refractivity contribution in [3.63, 3.8) is 0 Å². The van der Waals surface area contributed by atoms with E-state index in [9.17, 15) is 13.2 Å². The van der Waals surface area contributed by atoms with Gasteiger partial charge in [-0.25, -0.2) is 8.42 Å². The van der Waals surface area contributed by atoms with Gasteiger partial charge < -0.3 is 4.98 Å². The van der Waals surface area contributed by atoms with Crippen LogP contribution in [0.15, 0.2) is 46.1 Å². The summed E-state index contributed by atoms with van der Waals surface area (Å²) < 4.78 is 27.7. The maximum Gasteiger partial charge on any atom is 0.248 e. The third-order valence-electron chi connectivity index (χ3n) is 4.61. The van der Waals surface area contributed by atoms with E-state index in [0.717, 1.165) is 29.7 Å². The third-order valence-corrected chi connectivity index (χ3v) is 6.53. The highest BCUT2D eigenvalue weighted by atomic mass is 32.2. The predicted octanol–water partition coefficient (Wildman–Crippen LogP) is 2.00. The summed E-state index contributed by atoms with van der Waals surface area (Å²) in [6.45, 7) is 0.710. The van der Waals surface area contributed by atoms with Crippen LogP contribution in [0.1, 0.15) is 35.6 Å². The number of fused-ring (bicyclic) bond motifs is 1. The van der Waals surface area contributed by atoms with Crippen LogP contribution in [0, 0.1) is 0 Å². The second kappa shape index (κ2) is 5.32. The molecule has 0 unspecified atom stereocenters. The molecule has 0 atom stereocenters. The molecule has 0 bridgehead atoms. The molecule has 1 aliphatic heterocycles. The van der Waals surface area contributed by atoms with Gasteiger partial charge in [0.2, 0.25) is 15.6 Å². The predicted molar refractivity (Wildman–Crippen MR) is 86.8 cm³/mol. The van der Waals surface area contributed by atoms with Gasteiger partial charge in [0.25, 0.3) is 0 Å². The lowest BCUT2D eigenvalue weighted by Crippen LogP contribution is -2.37. The molecule has 120 valence electrons. The summed E-state index contributed by atoms with van der Waals surface area (Å²) in [5, 5.41) is 0. The highest BCUT2D eigenvalue weighted by Gasteiger charge is 2.34. The second-order valence-corrected chi connectivity index (χ2v) is 8.13. The summed E-state index contributed by atoms with van der Waals surface area (Å²) in [6, 6.07) is 10.5. The smallest absolute Gasteiger partial charge is 0.248 e. The Hall–Kier alpha value is -1.92. The number of nitrogens with one attached hydrogen (secondary N) is 1. The number of hydrogen-bond acceptors (Lipinski definition) is 3. The van der Waals surface area contributed by atoms with Crippen molar-refractivity contribution in [3.05, 3.63) is 63.6 Å². The van der Waals surface area contributed by atoms with Crippen molar-refractivity contribution >= 4 is 10.0 Å². The largest absolute Gasteiger partial charge is 0.326 e. The fourth-order valence-electron chi connectivity index (χ4n) is 3.22. The molecule has 1 saturated carbocycles. The van der Waals surface area contributed by atoms with Crippen molar-refractivity contribution in [3.8, 4) is 0 Å². The van der Waals surface area contributed by atoms with Gasteiger partial charge >= 0.3 is 0 Å². The Bertz CT molecular complexity index is 913. The van der Waals surface area contributed by atoms with Gasteiger partial charge in [0.05, 0.1) is 4.90 Å². The average Bonchev–Trinajstić information content (AvgIpc) is 3.39. The summed E-state index contributed by atoms with van der Waals surface area (Å²) in [5.41, 5.74) is 2.53. The standard InChI is InChI=1S/C17H18N2O3S/c20-17-8-7-13-11-19(10-9-15(13)18-17)23(21,22)16-4-2-1-3-14(16)12-5-6-12/h1-4,7-8,12H,5-6,9-11H2,(H,18,20). The zero-order valence-electron chi connectivity index (χ0n) is 12.7. The molecular weight excluding hydrogens is 312 g/mol. The van der Waals surface area contributed by atoms with Gasteiger partial charge in [-0.15, -0.1) is 0 Å². The van der Waals surface area contributed by atoms with Crippen molar-refractivity contribution in [1.82, 2.24) is 9.29 Å². The Morgan fingerprint density at radius 3 is 2.65 bits per heavy atom. The zero-order chi connectivity index (χ0) is 16.0. The Labute approximate surface area is 135 Å². The minimum atomic E-state index is -3.51. The monoisotopic (exact) mass is 330 g/mol. The number of nitrogens with zero attached hydrogens (tertiary/aromatic N) is 1. The number of rotatable bonds is 3. The number of aromatic amines is 1. The maximum atomic E-state index is 13.1. The lowest BCUT2D eigenvalue weighted by molar-refractivity contribution is 0.387. The highest BCUT2D eigenvalue weighted by molar-refractivity contribution is 7.89. The van der Waals surface area contributed by atoms with Crippen molar-refractivity contribution in [2.45, 2.75) is 36.6 Å². The van der Waals surface area contributed by atoms with Crippen molar-refractivity contribution in [2.75, 3.05) is 6.54 Å². The van der Waals surface area contributed by atoms with E-state index in [-0.39, 0.29) is 5.56 Å². The van der Waals surface area contributed by atoms with E-state index < -0.39 is 10.0 Å². The molecule has 2 aliphatic rings. The van der Waals surface area contributed by atoms with Crippen molar-refractivity contribution in [2.24, 2.45) is 0 Å². The lowest BCUT2D eigenvalue weighted by atomic mass is 10.1. The molecule has 2 heterocycles. The molecule has 1 aromatic carbocycles. The first-order valence-corrected chi connectivity index (χ1v) is 9.30. The van der Waals surface area contributed by atoms with E-state index in [0.29, 0.717) is 30.3 Å². The molecule has 2 aromatic rings. The van der Waals surface area contributed by atoms with Gasteiger partial charge in [-0.3, -0.25) is 4.79 Å². The van der Waals surface area contributed by atoms with E-state index in [4.69, 9.17) is 0 Å². The van der Waals surface area contributed by atoms with Crippen LogP contribution in [0.2, 0.25) is 0 Å². The summed E-state index contributed by atoms with van der Waals surface area (Å²) >= 11 is 0. The van der Waals surface area contributed by atoms with Crippen LogP contribution in [0.25, 0.3) is 0 Å². The Morgan fingerprint density at radius 1 is 1.09 bits per heavy atom. The Balaban J connectivity index is 1.70. The highest BCUT2D eigenvalue weighted by Crippen LogP contribution is 2.43. The molecular formula is C17H18N2O3S. The number of aromatic nitrogens is 1. The minimum Gasteiger partial charge on any atom is -0.326 e. The number of H-pyrrole nitrogens is 1. The van der Waals surface area contributed by atoms with Crippen LogP contribution in [0.4, 0.5) is 0 Å². The van der Waals surface area contributed by atoms with Crippen LogP contribution in [0.5, 0.6) is 0 Å². The average molecular weight is 330 g/mol. The van der Waals surface area contributed by atoms with Crippen LogP contribution < -0.4 is 5.56 Å². The Morgan fingerprint density at radius 2 is 1.87 bits per heavy atom. The van der Waals surface area contributed by atoms with E-state index in [1.54, 1.807) is 18.2 Å². The van der Waals surface area contributed by atoms with Crippen LogP contribution in [0.3, 0.4) is 0 Å². The van der Waals surface area contributed by atoms with E-state index in [1.807, 2.05) is 12.1 Å². The van der Waals surface area contributed by atoms with E-state index >= 15 is 0 Å². The molecule has 6 heteroatoms. The molecule has 1 aromatic heterocycles. The molecule has 23 heavy (non-hydrogen) atoms. The summed E-state index contributed by atoms with van der Waals surface area (Å²) in [4.78, 5) is 14.6. The molecule has 0 amide bonds. The fourth-order valence-corrected chi connectivity index (χ4v) is 4.92.